The molecule has 0 aliphatic rings. The van der Waals surface area contributed by atoms with E-state index in [0.29, 0.717) is 5.69 Å². The number of carbonyl (C=O) groups excluding carboxylic acids is 1. The number of hydrogen-bond donors (Lipinski definition) is 4. The Morgan fingerprint density at radius 1 is 1.19 bits per heavy atom. The number of rotatable bonds is 7. The van der Waals surface area contributed by atoms with E-state index in [9.17, 15) is 14.4 Å². The van der Waals surface area contributed by atoms with Gasteiger partial charge >= 0.3 is 18.0 Å². The molecule has 114 valence electrons. The predicted octanol–water partition coefficient (Wildman–Crippen LogP) is 1.69. The fourth-order valence-electron chi connectivity index (χ4n) is 1.79. The second-order valence-corrected chi connectivity index (χ2v) is 4.43. The second-order valence-electron chi connectivity index (χ2n) is 4.43. The van der Waals surface area contributed by atoms with E-state index in [0.717, 1.165) is 12.0 Å². The fourth-order valence-corrected chi connectivity index (χ4v) is 1.79. The highest BCUT2D eigenvalue weighted by molar-refractivity contribution is 5.93. The first-order valence-corrected chi connectivity index (χ1v) is 6.54. The molecule has 1 aromatic rings. The molecule has 1 unspecified atom stereocenters. The average Bonchev–Trinajstić information content (AvgIpc) is 2.43. The largest absolute Gasteiger partial charge is 0.481 e. The molecular formula is C14H18N2O5. The van der Waals surface area contributed by atoms with Gasteiger partial charge in [0, 0.05) is 12.1 Å². The number of carboxylic acid groups (broad SMARTS) is 2. The Labute approximate surface area is 122 Å². The third kappa shape index (κ3) is 5.52. The molecule has 0 spiro atoms. The number of benzene rings is 1. The lowest BCUT2D eigenvalue weighted by atomic mass is 10.1. The molecule has 0 fully saturated rings. The molecule has 21 heavy (non-hydrogen) atoms. The molecule has 1 aromatic carbocycles. The number of carboxylic acids is 2. The molecule has 0 aliphatic heterocycles. The lowest BCUT2D eigenvalue weighted by Gasteiger charge is -2.15. The third-order valence-corrected chi connectivity index (χ3v) is 2.90. The molecule has 0 saturated carbocycles. The molecule has 2 amide bonds. The summed E-state index contributed by atoms with van der Waals surface area (Å²) < 4.78 is 0. The molecule has 0 aromatic heterocycles. The van der Waals surface area contributed by atoms with Crippen LogP contribution in [0.3, 0.4) is 0 Å². The normalized spacial score (nSPS) is 11.5. The molecule has 1 atom stereocenters. The first kappa shape index (κ1) is 16.5. The number of amides is 2. The molecule has 7 heteroatoms. The van der Waals surface area contributed by atoms with Gasteiger partial charge in [-0.1, -0.05) is 25.1 Å². The summed E-state index contributed by atoms with van der Waals surface area (Å²) in [5.41, 5.74) is 1.52. The lowest BCUT2D eigenvalue weighted by molar-refractivity contribution is -0.140. The summed E-state index contributed by atoms with van der Waals surface area (Å²) in [7, 11) is 0. The van der Waals surface area contributed by atoms with Crippen LogP contribution in [0.5, 0.6) is 0 Å². The van der Waals surface area contributed by atoms with Crippen LogP contribution < -0.4 is 10.6 Å². The maximum atomic E-state index is 11.8. The Bertz CT molecular complexity index is 530. The van der Waals surface area contributed by atoms with E-state index in [1.54, 1.807) is 12.1 Å². The number of carbonyl (C=O) groups is 3. The maximum absolute atomic E-state index is 11.8. The van der Waals surface area contributed by atoms with Gasteiger partial charge in [-0.25, -0.2) is 9.59 Å². The Morgan fingerprint density at radius 3 is 2.43 bits per heavy atom. The first-order valence-electron chi connectivity index (χ1n) is 6.54. The zero-order valence-electron chi connectivity index (χ0n) is 11.6. The first-order chi connectivity index (χ1) is 9.93. The van der Waals surface area contributed by atoms with Crippen LogP contribution in [0.2, 0.25) is 0 Å². The van der Waals surface area contributed by atoms with Crippen LogP contribution in [0, 0.1) is 0 Å². The van der Waals surface area contributed by atoms with Crippen LogP contribution in [0.25, 0.3) is 0 Å². The van der Waals surface area contributed by atoms with Gasteiger partial charge in [0.15, 0.2) is 0 Å². The van der Waals surface area contributed by atoms with Crippen molar-refractivity contribution in [2.24, 2.45) is 0 Å². The standard InChI is InChI=1S/C14H18N2O5/c1-2-9-5-3-4-6-10(9)15-14(21)16-11(13(19)20)7-8-12(17)18/h3-6,11H,2,7-8H2,1H3,(H,17,18)(H,19,20)(H2,15,16,21). The molecular weight excluding hydrogens is 276 g/mol. The van der Waals surface area contributed by atoms with Gasteiger partial charge < -0.3 is 20.8 Å². The molecule has 7 nitrogen and oxygen atoms in total. The molecule has 0 aliphatic carbocycles. The molecule has 1 rings (SSSR count). The van der Waals surface area contributed by atoms with Crippen molar-refractivity contribution in [3.63, 3.8) is 0 Å². The Balaban J connectivity index is 2.65. The van der Waals surface area contributed by atoms with Crippen LogP contribution in [0.4, 0.5) is 10.5 Å². The summed E-state index contributed by atoms with van der Waals surface area (Å²) in [6, 6.07) is 5.26. The smallest absolute Gasteiger partial charge is 0.326 e. The van der Waals surface area contributed by atoms with Crippen LogP contribution in [0.1, 0.15) is 25.3 Å². The van der Waals surface area contributed by atoms with Crippen LogP contribution in [-0.2, 0) is 16.0 Å². The summed E-state index contributed by atoms with van der Waals surface area (Å²) in [5.74, 6) is -2.38. The van der Waals surface area contributed by atoms with E-state index in [1.807, 2.05) is 19.1 Å². The topological polar surface area (TPSA) is 116 Å². The van der Waals surface area contributed by atoms with E-state index in [4.69, 9.17) is 10.2 Å². The number of para-hydroxylation sites is 1. The number of hydrogen-bond acceptors (Lipinski definition) is 3. The van der Waals surface area contributed by atoms with Gasteiger partial charge in [0.1, 0.15) is 6.04 Å². The number of anilines is 1. The molecule has 0 saturated heterocycles. The van der Waals surface area contributed by atoms with E-state index in [2.05, 4.69) is 10.6 Å². The van der Waals surface area contributed by atoms with Gasteiger partial charge in [-0.2, -0.15) is 0 Å². The Morgan fingerprint density at radius 2 is 1.86 bits per heavy atom. The number of nitrogens with one attached hydrogen (secondary N) is 2. The van der Waals surface area contributed by atoms with Gasteiger partial charge in [-0.05, 0) is 24.5 Å². The monoisotopic (exact) mass is 294 g/mol. The van der Waals surface area contributed by atoms with Gasteiger partial charge in [-0.15, -0.1) is 0 Å². The van der Waals surface area contributed by atoms with Crippen molar-refractivity contribution in [3.05, 3.63) is 29.8 Å². The third-order valence-electron chi connectivity index (χ3n) is 2.90. The van der Waals surface area contributed by atoms with Crippen molar-refractivity contribution in [3.8, 4) is 0 Å². The van der Waals surface area contributed by atoms with Crippen molar-refractivity contribution in [2.75, 3.05) is 5.32 Å². The lowest BCUT2D eigenvalue weighted by Crippen LogP contribution is -2.43. The van der Waals surface area contributed by atoms with E-state index in [1.165, 1.54) is 0 Å². The summed E-state index contributed by atoms with van der Waals surface area (Å²) in [6.07, 6.45) is 0.216. The average molecular weight is 294 g/mol. The highest BCUT2D eigenvalue weighted by atomic mass is 16.4. The summed E-state index contributed by atoms with van der Waals surface area (Å²) >= 11 is 0. The number of aryl methyl sites for hydroxylation is 1. The fraction of sp³-hybridized carbons (Fsp3) is 0.357. The SMILES string of the molecule is CCc1ccccc1NC(=O)NC(CCC(=O)O)C(=O)O. The molecule has 0 heterocycles. The van der Waals surface area contributed by atoms with E-state index < -0.39 is 24.0 Å². The van der Waals surface area contributed by atoms with Crippen molar-refractivity contribution in [1.29, 1.82) is 0 Å². The van der Waals surface area contributed by atoms with Crippen LogP contribution >= 0.6 is 0 Å². The number of urea groups is 1. The molecule has 0 bridgehead atoms. The quantitative estimate of drug-likeness (QED) is 0.610. The van der Waals surface area contributed by atoms with Gasteiger partial charge in [0.25, 0.3) is 0 Å². The van der Waals surface area contributed by atoms with Crippen molar-refractivity contribution in [1.82, 2.24) is 5.32 Å². The summed E-state index contributed by atoms with van der Waals surface area (Å²) in [6.45, 7) is 1.94. The second kappa shape index (κ2) is 7.88. The minimum atomic E-state index is -1.27. The Kier molecular flexibility index (Phi) is 6.19. The highest BCUT2D eigenvalue weighted by Crippen LogP contribution is 2.15. The van der Waals surface area contributed by atoms with Crippen LogP contribution in [-0.4, -0.2) is 34.2 Å². The zero-order valence-corrected chi connectivity index (χ0v) is 11.6. The van der Waals surface area contributed by atoms with Crippen molar-refractivity contribution in [2.45, 2.75) is 32.2 Å². The van der Waals surface area contributed by atoms with Gasteiger partial charge in [0.2, 0.25) is 0 Å². The summed E-state index contributed by atoms with van der Waals surface area (Å²) in [4.78, 5) is 33.3. The summed E-state index contributed by atoms with van der Waals surface area (Å²) in [5, 5.41) is 22.4. The zero-order chi connectivity index (χ0) is 15.8. The van der Waals surface area contributed by atoms with Crippen molar-refractivity contribution < 1.29 is 24.6 Å². The van der Waals surface area contributed by atoms with Crippen molar-refractivity contribution >= 4 is 23.7 Å². The highest BCUT2D eigenvalue weighted by Gasteiger charge is 2.21. The van der Waals surface area contributed by atoms with E-state index >= 15 is 0 Å². The molecule has 0 radical (unpaired) electrons. The predicted molar refractivity (Wildman–Crippen MR) is 76.3 cm³/mol. The van der Waals surface area contributed by atoms with Crippen LogP contribution in [0.15, 0.2) is 24.3 Å². The minimum Gasteiger partial charge on any atom is -0.481 e. The van der Waals surface area contributed by atoms with Gasteiger partial charge in [-0.3, -0.25) is 4.79 Å². The maximum Gasteiger partial charge on any atom is 0.326 e. The Hall–Kier alpha value is -2.57. The van der Waals surface area contributed by atoms with E-state index in [-0.39, 0.29) is 12.8 Å². The molecule has 4 N–H and O–H groups in total. The number of aliphatic carboxylic acids is 2. The minimum absolute atomic E-state index is 0.173. The van der Waals surface area contributed by atoms with Gasteiger partial charge in [0.05, 0.1) is 0 Å².